The van der Waals surface area contributed by atoms with Crippen molar-refractivity contribution < 1.29 is 17.9 Å². The van der Waals surface area contributed by atoms with Crippen molar-refractivity contribution in [2.45, 2.75) is 37.3 Å². The van der Waals surface area contributed by atoms with E-state index >= 15 is 0 Å². The molecule has 0 aliphatic rings. The van der Waals surface area contributed by atoms with E-state index in [1.807, 2.05) is 0 Å². The van der Waals surface area contributed by atoms with Crippen LogP contribution in [-0.4, -0.2) is 25.7 Å². The molecule has 0 atom stereocenters. The van der Waals surface area contributed by atoms with Gasteiger partial charge in [-0.1, -0.05) is 18.2 Å². The van der Waals surface area contributed by atoms with Crippen LogP contribution in [0.2, 0.25) is 0 Å². The number of benzene rings is 1. The van der Waals surface area contributed by atoms with Gasteiger partial charge in [-0.2, -0.15) is 0 Å². The number of ether oxygens (including phenoxy) is 1. The summed E-state index contributed by atoms with van der Waals surface area (Å²) in [6.45, 7) is 6.24. The Morgan fingerprint density at radius 3 is 2.33 bits per heavy atom. The second kappa shape index (κ2) is 5.10. The maximum atomic E-state index is 12.5. The number of hydrogen-bond donors (Lipinski definition) is 0. The summed E-state index contributed by atoms with van der Waals surface area (Å²) in [6, 6.07) is 6.60. The highest BCUT2D eigenvalue weighted by Crippen LogP contribution is 2.28. The topological polar surface area (TPSA) is 60.4 Å². The molecule has 0 unspecified atom stereocenters. The molecule has 0 aromatic heterocycles. The first-order valence-corrected chi connectivity index (χ1v) is 7.21. The number of hydrogen-bond acceptors (Lipinski definition) is 4. The molecule has 18 heavy (non-hydrogen) atoms. The molecule has 0 aliphatic heterocycles. The van der Waals surface area contributed by atoms with E-state index in [0.717, 1.165) is 0 Å². The van der Waals surface area contributed by atoms with Crippen molar-refractivity contribution >= 4 is 15.8 Å². The molecule has 5 heteroatoms. The van der Waals surface area contributed by atoms with Crippen LogP contribution in [0, 0.1) is 6.92 Å². The smallest absolute Gasteiger partial charge is 0.327 e. The van der Waals surface area contributed by atoms with Gasteiger partial charge in [-0.05, 0) is 39.3 Å². The molecule has 100 valence electrons. The SMILES string of the molecule is CCOC(=O)C(C)(C)S(=O)(=O)c1ccccc1C. The highest BCUT2D eigenvalue weighted by molar-refractivity contribution is 7.93. The van der Waals surface area contributed by atoms with Crippen LogP contribution in [0.1, 0.15) is 26.3 Å². The molecule has 0 spiro atoms. The first kappa shape index (κ1) is 14.7. The van der Waals surface area contributed by atoms with Crippen molar-refractivity contribution in [3.63, 3.8) is 0 Å². The third kappa shape index (κ3) is 2.41. The monoisotopic (exact) mass is 270 g/mol. The first-order valence-electron chi connectivity index (χ1n) is 5.72. The van der Waals surface area contributed by atoms with Gasteiger partial charge >= 0.3 is 5.97 Å². The third-order valence-electron chi connectivity index (χ3n) is 2.82. The normalized spacial score (nSPS) is 12.2. The molecule has 0 N–H and O–H groups in total. The summed E-state index contributed by atoms with van der Waals surface area (Å²) >= 11 is 0. The highest BCUT2D eigenvalue weighted by atomic mass is 32.2. The highest BCUT2D eigenvalue weighted by Gasteiger charge is 2.44. The lowest BCUT2D eigenvalue weighted by atomic mass is 10.2. The fourth-order valence-electron chi connectivity index (χ4n) is 1.55. The van der Waals surface area contributed by atoms with E-state index in [2.05, 4.69) is 0 Å². The Morgan fingerprint density at radius 1 is 1.28 bits per heavy atom. The van der Waals surface area contributed by atoms with Crippen molar-refractivity contribution in [3.05, 3.63) is 29.8 Å². The minimum absolute atomic E-state index is 0.158. The van der Waals surface area contributed by atoms with Crippen molar-refractivity contribution in [2.24, 2.45) is 0 Å². The number of sulfone groups is 1. The van der Waals surface area contributed by atoms with Gasteiger partial charge in [0.25, 0.3) is 0 Å². The molecular formula is C13H18O4S. The van der Waals surface area contributed by atoms with E-state index in [1.54, 1.807) is 32.0 Å². The van der Waals surface area contributed by atoms with Gasteiger partial charge in [0.15, 0.2) is 14.6 Å². The van der Waals surface area contributed by atoms with Crippen molar-refractivity contribution in [2.75, 3.05) is 6.61 Å². The van der Waals surface area contributed by atoms with Gasteiger partial charge in [0, 0.05) is 0 Å². The number of carbonyl (C=O) groups excluding carboxylic acids is 1. The molecule has 0 heterocycles. The van der Waals surface area contributed by atoms with E-state index in [9.17, 15) is 13.2 Å². The molecule has 0 aliphatic carbocycles. The minimum atomic E-state index is -3.77. The third-order valence-corrected chi connectivity index (χ3v) is 5.37. The lowest BCUT2D eigenvalue weighted by Gasteiger charge is -2.23. The van der Waals surface area contributed by atoms with Crippen molar-refractivity contribution in [1.82, 2.24) is 0 Å². The lowest BCUT2D eigenvalue weighted by molar-refractivity contribution is -0.145. The second-order valence-electron chi connectivity index (χ2n) is 4.50. The van der Waals surface area contributed by atoms with Gasteiger partial charge in [-0.25, -0.2) is 8.42 Å². The van der Waals surface area contributed by atoms with Crippen molar-refractivity contribution in [1.29, 1.82) is 0 Å². The van der Waals surface area contributed by atoms with Gasteiger partial charge < -0.3 is 4.74 Å². The summed E-state index contributed by atoms with van der Waals surface area (Å²) in [5.41, 5.74) is 0.620. The maximum absolute atomic E-state index is 12.5. The predicted octanol–water partition coefficient (Wildman–Crippen LogP) is 2.11. The Morgan fingerprint density at radius 2 is 1.83 bits per heavy atom. The van der Waals surface area contributed by atoms with Crippen LogP contribution in [0.25, 0.3) is 0 Å². The van der Waals surface area contributed by atoms with E-state index in [-0.39, 0.29) is 11.5 Å². The summed E-state index contributed by atoms with van der Waals surface area (Å²) in [7, 11) is -3.77. The number of aryl methyl sites for hydroxylation is 1. The fraction of sp³-hybridized carbons (Fsp3) is 0.462. The maximum Gasteiger partial charge on any atom is 0.327 e. The van der Waals surface area contributed by atoms with E-state index < -0.39 is 20.6 Å². The summed E-state index contributed by atoms with van der Waals surface area (Å²) in [5.74, 6) is -0.728. The largest absolute Gasteiger partial charge is 0.465 e. The molecule has 1 aromatic rings. The molecule has 1 aromatic carbocycles. The Labute approximate surface area is 108 Å². The van der Waals surface area contributed by atoms with E-state index in [4.69, 9.17) is 4.74 Å². The molecule has 0 bridgehead atoms. The molecule has 1 rings (SSSR count). The van der Waals surface area contributed by atoms with Gasteiger partial charge in [0.1, 0.15) is 0 Å². The van der Waals surface area contributed by atoms with Crippen LogP contribution < -0.4 is 0 Å². The van der Waals surface area contributed by atoms with Crippen molar-refractivity contribution in [3.8, 4) is 0 Å². The lowest BCUT2D eigenvalue weighted by Crippen LogP contribution is -2.42. The zero-order valence-electron chi connectivity index (χ0n) is 11.1. The van der Waals surface area contributed by atoms with E-state index in [0.29, 0.717) is 5.56 Å². The summed E-state index contributed by atoms with van der Waals surface area (Å²) in [5, 5.41) is 0. The number of esters is 1. The Balaban J connectivity index is 3.31. The summed E-state index contributed by atoms with van der Waals surface area (Å²) in [6.07, 6.45) is 0. The number of rotatable bonds is 4. The fourth-order valence-corrected chi connectivity index (χ4v) is 3.13. The molecule has 0 saturated carbocycles. The minimum Gasteiger partial charge on any atom is -0.465 e. The molecule has 0 amide bonds. The van der Waals surface area contributed by atoms with E-state index in [1.165, 1.54) is 19.9 Å². The van der Waals surface area contributed by atoms with Crippen LogP contribution >= 0.6 is 0 Å². The standard InChI is InChI=1S/C13H18O4S/c1-5-17-12(14)13(3,4)18(15,16)11-9-7-6-8-10(11)2/h6-9H,5H2,1-4H3. The van der Waals surface area contributed by atoms with Crippen LogP contribution in [0.5, 0.6) is 0 Å². The Kier molecular flexibility index (Phi) is 4.16. The quantitative estimate of drug-likeness (QED) is 0.786. The Hall–Kier alpha value is -1.36. The van der Waals surface area contributed by atoms with Gasteiger partial charge in [0.2, 0.25) is 0 Å². The molecule has 0 fully saturated rings. The summed E-state index contributed by atoms with van der Waals surface area (Å²) < 4.78 is 28.2. The number of carbonyl (C=O) groups is 1. The average Bonchev–Trinajstić information content (AvgIpc) is 2.29. The average molecular weight is 270 g/mol. The molecule has 4 nitrogen and oxygen atoms in total. The van der Waals surface area contributed by atoms with Gasteiger partial charge in [-0.3, -0.25) is 4.79 Å². The summed E-state index contributed by atoms with van der Waals surface area (Å²) in [4.78, 5) is 12.0. The molecule has 0 radical (unpaired) electrons. The van der Waals surface area contributed by atoms with Gasteiger partial charge in [0.05, 0.1) is 11.5 Å². The first-order chi connectivity index (χ1) is 8.25. The molecular weight excluding hydrogens is 252 g/mol. The zero-order chi connectivity index (χ0) is 14.0. The van der Waals surface area contributed by atoms with Gasteiger partial charge in [-0.15, -0.1) is 0 Å². The van der Waals surface area contributed by atoms with Crippen LogP contribution in [0.4, 0.5) is 0 Å². The molecule has 0 saturated heterocycles. The predicted molar refractivity (Wildman–Crippen MR) is 69.1 cm³/mol. The second-order valence-corrected chi connectivity index (χ2v) is 6.97. The Bertz CT molecular complexity index is 544. The van der Waals surface area contributed by atoms with Crippen LogP contribution in [0.15, 0.2) is 29.2 Å². The van der Waals surface area contributed by atoms with Crippen LogP contribution in [0.3, 0.4) is 0 Å². The van der Waals surface area contributed by atoms with Crippen LogP contribution in [-0.2, 0) is 19.4 Å². The zero-order valence-corrected chi connectivity index (χ0v) is 11.9.